The van der Waals surface area contributed by atoms with Crippen LogP contribution in [-0.4, -0.2) is 14.1 Å². The van der Waals surface area contributed by atoms with Crippen molar-refractivity contribution in [1.82, 2.24) is 14.1 Å². The average Bonchev–Trinajstić information content (AvgIpc) is 3.71. The number of hydrogen-bond donors (Lipinski definition) is 0. The fourth-order valence-electron chi connectivity index (χ4n) is 7.84. The molecule has 3 aromatic heterocycles. The van der Waals surface area contributed by atoms with Gasteiger partial charge in [-0.05, 0) is 113 Å². The topological polar surface area (TPSA) is 22.8 Å². The normalized spacial score (nSPS) is 13.1. The zero-order valence-corrected chi connectivity index (χ0v) is 27.5. The zero-order chi connectivity index (χ0) is 33.0. The second-order valence-electron chi connectivity index (χ2n) is 13.1. The van der Waals surface area contributed by atoms with Gasteiger partial charge in [0.1, 0.15) is 0 Å². The van der Waals surface area contributed by atoms with Gasteiger partial charge in [-0.1, -0.05) is 103 Å². The van der Waals surface area contributed by atoms with E-state index >= 15 is 0 Å². The zero-order valence-electron chi connectivity index (χ0n) is 27.5. The van der Waals surface area contributed by atoms with Crippen molar-refractivity contribution < 1.29 is 0 Å². The van der Waals surface area contributed by atoms with Crippen molar-refractivity contribution in [3.05, 3.63) is 182 Å². The molecular weight excluding hydrogens is 607 g/mol. The summed E-state index contributed by atoms with van der Waals surface area (Å²) in [7, 11) is 0. The van der Waals surface area contributed by atoms with Gasteiger partial charge in [0, 0.05) is 33.7 Å². The van der Waals surface area contributed by atoms with Crippen molar-refractivity contribution in [2.24, 2.45) is 0 Å². The van der Waals surface area contributed by atoms with Crippen molar-refractivity contribution in [2.45, 2.75) is 12.8 Å². The number of hydrogen-bond acceptors (Lipinski definition) is 1. The Morgan fingerprint density at radius 2 is 1.16 bits per heavy atom. The SMILES string of the molecule is C1=CCCC(c2cccc(-n3c4ccccc4c4cc(-c5ccc6c7ncccc7n(-c7ccc(-c8ccccc8)cc7)c6c5)ccc43)c2)=C1. The van der Waals surface area contributed by atoms with E-state index < -0.39 is 0 Å². The van der Waals surface area contributed by atoms with Crippen molar-refractivity contribution in [3.63, 3.8) is 0 Å². The monoisotopic (exact) mass is 639 g/mol. The molecule has 0 saturated carbocycles. The molecule has 0 bridgehead atoms. The minimum absolute atomic E-state index is 1.02. The molecule has 1 aliphatic carbocycles. The lowest BCUT2D eigenvalue weighted by atomic mass is 9.97. The molecule has 0 fully saturated rings. The van der Waals surface area contributed by atoms with Gasteiger partial charge in [0.25, 0.3) is 0 Å². The first kappa shape index (κ1) is 28.6. The van der Waals surface area contributed by atoms with E-state index in [1.54, 1.807) is 0 Å². The van der Waals surface area contributed by atoms with Crippen LogP contribution in [0.15, 0.2) is 176 Å². The van der Waals surface area contributed by atoms with Crippen LogP contribution in [0, 0.1) is 0 Å². The molecule has 0 radical (unpaired) electrons. The maximum atomic E-state index is 4.84. The molecule has 1 aliphatic rings. The first-order valence-corrected chi connectivity index (χ1v) is 17.4. The van der Waals surface area contributed by atoms with Crippen molar-refractivity contribution in [2.75, 3.05) is 0 Å². The smallest absolute Gasteiger partial charge is 0.0963 e. The third kappa shape index (κ3) is 4.62. The summed E-state index contributed by atoms with van der Waals surface area (Å²) in [5, 5.41) is 3.66. The van der Waals surface area contributed by atoms with Gasteiger partial charge in [-0.2, -0.15) is 0 Å². The molecule has 0 spiro atoms. The van der Waals surface area contributed by atoms with Crippen LogP contribution < -0.4 is 0 Å². The van der Waals surface area contributed by atoms with E-state index in [0.717, 1.165) is 40.5 Å². The maximum absolute atomic E-state index is 4.84. The van der Waals surface area contributed by atoms with Gasteiger partial charge >= 0.3 is 0 Å². The summed E-state index contributed by atoms with van der Waals surface area (Å²) in [6, 6.07) is 55.2. The standard InChI is InChI=1S/C47H33N3/c1-3-11-32(12-4-1)34-20-24-38(25-21-34)49-45-19-10-28-48-47(45)41-26-22-37(31-46(41)49)36-23-27-44-42(30-36)40-17-7-8-18-43(40)50(44)39-16-9-15-35(29-39)33-13-5-2-6-14-33/h1-5,7-13,15-31H,6,14H2. The van der Waals surface area contributed by atoms with E-state index in [2.05, 4.69) is 173 Å². The molecule has 236 valence electrons. The van der Waals surface area contributed by atoms with Gasteiger partial charge in [0.2, 0.25) is 0 Å². The molecule has 0 saturated heterocycles. The molecule has 50 heavy (non-hydrogen) atoms. The van der Waals surface area contributed by atoms with E-state index in [4.69, 9.17) is 4.98 Å². The van der Waals surface area contributed by atoms with Crippen molar-refractivity contribution >= 4 is 49.3 Å². The van der Waals surface area contributed by atoms with Crippen LogP contribution in [-0.2, 0) is 0 Å². The molecule has 6 aromatic carbocycles. The Morgan fingerprint density at radius 3 is 2.04 bits per heavy atom. The first-order chi connectivity index (χ1) is 24.8. The van der Waals surface area contributed by atoms with Crippen LogP contribution in [0.2, 0.25) is 0 Å². The lowest BCUT2D eigenvalue weighted by Crippen LogP contribution is -1.96. The number of rotatable bonds is 5. The van der Waals surface area contributed by atoms with E-state index in [1.807, 2.05) is 12.3 Å². The van der Waals surface area contributed by atoms with Gasteiger partial charge in [-0.3, -0.25) is 4.98 Å². The molecular formula is C47H33N3. The Kier molecular flexibility index (Phi) is 6.63. The second kappa shape index (κ2) is 11.6. The Bertz CT molecular complexity index is 2790. The highest BCUT2D eigenvalue weighted by Crippen LogP contribution is 2.38. The summed E-state index contributed by atoms with van der Waals surface area (Å²) in [6.07, 6.45) is 10.7. The Hall–Kier alpha value is -6.45. The Morgan fingerprint density at radius 1 is 0.440 bits per heavy atom. The average molecular weight is 640 g/mol. The van der Waals surface area contributed by atoms with Gasteiger partial charge in [-0.25, -0.2) is 0 Å². The molecule has 0 atom stereocenters. The van der Waals surface area contributed by atoms with Crippen LogP contribution in [0.5, 0.6) is 0 Å². The predicted molar refractivity (Wildman–Crippen MR) is 210 cm³/mol. The fraction of sp³-hybridized carbons (Fsp3) is 0.0426. The Balaban J connectivity index is 1.12. The minimum atomic E-state index is 1.02. The molecule has 9 aromatic rings. The van der Waals surface area contributed by atoms with Crippen molar-refractivity contribution in [1.29, 1.82) is 0 Å². The van der Waals surface area contributed by atoms with E-state index in [0.29, 0.717) is 0 Å². The van der Waals surface area contributed by atoms with Crippen LogP contribution in [0.25, 0.3) is 82.9 Å². The van der Waals surface area contributed by atoms with Crippen LogP contribution in [0.1, 0.15) is 18.4 Å². The molecule has 3 heteroatoms. The first-order valence-electron chi connectivity index (χ1n) is 17.4. The van der Waals surface area contributed by atoms with Crippen LogP contribution >= 0.6 is 0 Å². The molecule has 0 amide bonds. The van der Waals surface area contributed by atoms with Crippen LogP contribution in [0.3, 0.4) is 0 Å². The van der Waals surface area contributed by atoms with Gasteiger partial charge < -0.3 is 9.13 Å². The van der Waals surface area contributed by atoms with Gasteiger partial charge in [0.15, 0.2) is 0 Å². The summed E-state index contributed by atoms with van der Waals surface area (Å²) >= 11 is 0. The van der Waals surface area contributed by atoms with E-state index in [1.165, 1.54) is 60.9 Å². The molecule has 0 aliphatic heterocycles. The summed E-state index contributed by atoms with van der Waals surface area (Å²) in [5.74, 6) is 0. The number of allylic oxidation sites excluding steroid dienone is 4. The number of benzene rings is 6. The number of fused-ring (bicyclic) bond motifs is 6. The van der Waals surface area contributed by atoms with Gasteiger partial charge in [0.05, 0.1) is 27.6 Å². The summed E-state index contributed by atoms with van der Waals surface area (Å²) < 4.78 is 4.77. The molecule has 3 nitrogen and oxygen atoms in total. The highest BCUT2D eigenvalue weighted by Gasteiger charge is 2.17. The lowest BCUT2D eigenvalue weighted by molar-refractivity contribution is 1.05. The van der Waals surface area contributed by atoms with Crippen molar-refractivity contribution in [3.8, 4) is 33.6 Å². The van der Waals surface area contributed by atoms with E-state index in [-0.39, 0.29) is 0 Å². The third-order valence-corrected chi connectivity index (χ3v) is 10.2. The van der Waals surface area contributed by atoms with Gasteiger partial charge in [-0.15, -0.1) is 0 Å². The van der Waals surface area contributed by atoms with E-state index in [9.17, 15) is 0 Å². The quantitative estimate of drug-likeness (QED) is 0.184. The largest absolute Gasteiger partial charge is 0.309 e. The predicted octanol–water partition coefficient (Wildman–Crippen LogP) is 12.3. The molecule has 0 N–H and O–H groups in total. The second-order valence-corrected chi connectivity index (χ2v) is 13.1. The summed E-state index contributed by atoms with van der Waals surface area (Å²) in [4.78, 5) is 4.84. The minimum Gasteiger partial charge on any atom is -0.309 e. The number of pyridine rings is 1. The molecule has 0 unspecified atom stereocenters. The Labute approximate surface area is 290 Å². The highest BCUT2D eigenvalue weighted by atomic mass is 15.0. The number of nitrogens with zero attached hydrogens (tertiary/aromatic N) is 3. The number of para-hydroxylation sites is 1. The highest BCUT2D eigenvalue weighted by molar-refractivity contribution is 6.11. The number of aromatic nitrogens is 3. The van der Waals surface area contributed by atoms with Crippen LogP contribution in [0.4, 0.5) is 0 Å². The summed E-state index contributed by atoms with van der Waals surface area (Å²) in [6.45, 7) is 0. The maximum Gasteiger partial charge on any atom is 0.0963 e. The summed E-state index contributed by atoms with van der Waals surface area (Å²) in [5.41, 5.74) is 15.5. The third-order valence-electron chi connectivity index (χ3n) is 10.2. The molecule has 3 heterocycles. The molecule has 10 rings (SSSR count). The lowest BCUT2D eigenvalue weighted by Gasteiger charge is -2.13. The fourth-order valence-corrected chi connectivity index (χ4v) is 7.84.